The van der Waals surface area contributed by atoms with Crippen LogP contribution in [0.1, 0.15) is 4.88 Å². The molecule has 0 spiro atoms. The average Bonchev–Trinajstić information content (AvgIpc) is 3.00. The quantitative estimate of drug-likeness (QED) is 0.786. The fraction of sp³-hybridized carbons (Fsp3) is 0.176. The van der Waals surface area contributed by atoms with Crippen LogP contribution in [0.2, 0.25) is 0 Å². The summed E-state index contributed by atoms with van der Waals surface area (Å²) >= 11 is 1.70. The third-order valence-electron chi connectivity index (χ3n) is 3.33. The van der Waals surface area contributed by atoms with Gasteiger partial charge in [0.05, 0.1) is 17.7 Å². The summed E-state index contributed by atoms with van der Waals surface area (Å²) in [5.41, 5.74) is 1.58. The Labute approximate surface area is 133 Å². The molecule has 0 atom stereocenters. The molecular formula is C17H17N3OS. The van der Waals surface area contributed by atoms with Crippen LogP contribution in [0.15, 0.2) is 54.0 Å². The van der Waals surface area contributed by atoms with E-state index in [1.807, 2.05) is 53.7 Å². The van der Waals surface area contributed by atoms with Gasteiger partial charge in [-0.2, -0.15) is 0 Å². The van der Waals surface area contributed by atoms with E-state index in [0.717, 1.165) is 23.1 Å². The molecule has 1 N–H and O–H groups in total. The van der Waals surface area contributed by atoms with E-state index in [1.165, 1.54) is 4.88 Å². The number of anilines is 1. The molecule has 0 aliphatic rings. The molecule has 2 aromatic heterocycles. The van der Waals surface area contributed by atoms with Crippen LogP contribution in [-0.2, 0) is 11.3 Å². The van der Waals surface area contributed by atoms with Crippen LogP contribution < -0.4 is 5.32 Å². The fourth-order valence-corrected chi connectivity index (χ4v) is 3.15. The van der Waals surface area contributed by atoms with Gasteiger partial charge in [-0.15, -0.1) is 11.3 Å². The van der Waals surface area contributed by atoms with Crippen LogP contribution >= 0.6 is 11.3 Å². The average molecular weight is 311 g/mol. The number of benzene rings is 1. The van der Waals surface area contributed by atoms with Crippen LogP contribution in [0.25, 0.3) is 10.9 Å². The first-order chi connectivity index (χ1) is 10.7. The number of nitrogens with one attached hydrogen (secondary N) is 1. The number of fused-ring (bicyclic) bond motifs is 1. The largest absolute Gasteiger partial charge is 0.323 e. The van der Waals surface area contributed by atoms with E-state index in [0.29, 0.717) is 6.54 Å². The number of likely N-dealkylation sites (N-methyl/N-ethyl adjacent to an activating group) is 1. The standard InChI is InChI=1S/C17H17N3OS/c1-20(11-14-7-4-10-22-14)12-16(21)19-15-8-2-5-13-6-3-9-18-17(13)15/h2-10H,11-12H2,1H3,(H,19,21). The lowest BCUT2D eigenvalue weighted by molar-refractivity contribution is -0.117. The molecule has 3 rings (SSSR count). The number of aromatic nitrogens is 1. The van der Waals surface area contributed by atoms with Gasteiger partial charge in [0.25, 0.3) is 0 Å². The molecule has 3 aromatic rings. The van der Waals surface area contributed by atoms with Crippen molar-refractivity contribution in [1.29, 1.82) is 0 Å². The number of rotatable bonds is 5. The monoisotopic (exact) mass is 311 g/mol. The molecule has 112 valence electrons. The molecule has 0 unspecified atom stereocenters. The third kappa shape index (κ3) is 3.50. The molecule has 0 saturated carbocycles. The van der Waals surface area contributed by atoms with Crippen molar-refractivity contribution in [3.05, 3.63) is 58.9 Å². The molecule has 1 amide bonds. The Morgan fingerprint density at radius 3 is 2.91 bits per heavy atom. The third-order valence-corrected chi connectivity index (χ3v) is 4.19. The zero-order valence-electron chi connectivity index (χ0n) is 12.3. The molecule has 5 heteroatoms. The second-order valence-corrected chi connectivity index (χ2v) is 6.21. The van der Waals surface area contributed by atoms with Crippen molar-refractivity contribution < 1.29 is 4.79 Å². The highest BCUT2D eigenvalue weighted by Gasteiger charge is 2.10. The topological polar surface area (TPSA) is 45.2 Å². The lowest BCUT2D eigenvalue weighted by Gasteiger charge is -2.15. The van der Waals surface area contributed by atoms with Gasteiger partial charge in [0.2, 0.25) is 5.91 Å². The van der Waals surface area contributed by atoms with E-state index in [9.17, 15) is 4.79 Å². The van der Waals surface area contributed by atoms with Crippen LogP contribution in [0.4, 0.5) is 5.69 Å². The van der Waals surface area contributed by atoms with Gasteiger partial charge in [-0.1, -0.05) is 24.3 Å². The number of hydrogen-bond acceptors (Lipinski definition) is 4. The Morgan fingerprint density at radius 1 is 1.23 bits per heavy atom. The Balaban J connectivity index is 1.65. The van der Waals surface area contributed by atoms with Crippen molar-refractivity contribution in [2.45, 2.75) is 6.54 Å². The lowest BCUT2D eigenvalue weighted by Crippen LogP contribution is -2.29. The van der Waals surface area contributed by atoms with Crippen molar-refractivity contribution >= 4 is 33.8 Å². The van der Waals surface area contributed by atoms with Crippen molar-refractivity contribution in [2.24, 2.45) is 0 Å². The molecule has 0 fully saturated rings. The number of carbonyl (C=O) groups is 1. The van der Waals surface area contributed by atoms with Crippen LogP contribution in [0, 0.1) is 0 Å². The van der Waals surface area contributed by atoms with Crippen LogP contribution in [0.5, 0.6) is 0 Å². The SMILES string of the molecule is CN(CC(=O)Nc1cccc2cccnc12)Cc1cccs1. The molecule has 1 aromatic carbocycles. The Morgan fingerprint density at radius 2 is 2.09 bits per heavy atom. The van der Waals surface area contributed by atoms with E-state index in [1.54, 1.807) is 17.5 Å². The van der Waals surface area contributed by atoms with Gasteiger partial charge in [-0.05, 0) is 30.6 Å². The predicted octanol–water partition coefficient (Wildman–Crippen LogP) is 3.37. The summed E-state index contributed by atoms with van der Waals surface area (Å²) in [6.07, 6.45) is 1.74. The summed E-state index contributed by atoms with van der Waals surface area (Å²) in [7, 11) is 1.95. The van der Waals surface area contributed by atoms with Gasteiger partial charge in [-0.3, -0.25) is 14.7 Å². The second-order valence-electron chi connectivity index (χ2n) is 5.18. The van der Waals surface area contributed by atoms with Crippen molar-refractivity contribution in [3.8, 4) is 0 Å². The fourth-order valence-electron chi connectivity index (χ4n) is 2.36. The van der Waals surface area contributed by atoms with Gasteiger partial charge in [0.1, 0.15) is 0 Å². The van der Waals surface area contributed by atoms with Crippen molar-refractivity contribution in [2.75, 3.05) is 18.9 Å². The van der Waals surface area contributed by atoms with E-state index >= 15 is 0 Å². The highest BCUT2D eigenvalue weighted by Crippen LogP contribution is 2.20. The summed E-state index contributed by atoms with van der Waals surface area (Å²) < 4.78 is 0. The minimum atomic E-state index is -0.0304. The summed E-state index contributed by atoms with van der Waals surface area (Å²) in [6, 6.07) is 13.8. The minimum absolute atomic E-state index is 0.0304. The van der Waals surface area contributed by atoms with Gasteiger partial charge in [-0.25, -0.2) is 0 Å². The number of amides is 1. The van der Waals surface area contributed by atoms with Gasteiger partial charge >= 0.3 is 0 Å². The number of nitrogens with zero attached hydrogens (tertiary/aromatic N) is 2. The first-order valence-electron chi connectivity index (χ1n) is 7.07. The zero-order valence-corrected chi connectivity index (χ0v) is 13.1. The van der Waals surface area contributed by atoms with Crippen LogP contribution in [-0.4, -0.2) is 29.4 Å². The molecule has 0 aliphatic heterocycles. The van der Waals surface area contributed by atoms with Gasteiger partial charge in [0, 0.05) is 23.0 Å². The Bertz CT molecular complexity index is 765. The van der Waals surface area contributed by atoms with E-state index in [4.69, 9.17) is 0 Å². The normalized spacial score (nSPS) is 11.0. The molecule has 4 nitrogen and oxygen atoms in total. The van der Waals surface area contributed by atoms with Gasteiger partial charge in [0.15, 0.2) is 0 Å². The molecular weight excluding hydrogens is 294 g/mol. The predicted molar refractivity (Wildman–Crippen MR) is 91.0 cm³/mol. The number of hydrogen-bond donors (Lipinski definition) is 1. The van der Waals surface area contributed by atoms with Crippen LogP contribution in [0.3, 0.4) is 0 Å². The van der Waals surface area contributed by atoms with Crippen molar-refractivity contribution in [3.63, 3.8) is 0 Å². The highest BCUT2D eigenvalue weighted by molar-refractivity contribution is 7.09. The summed E-state index contributed by atoms with van der Waals surface area (Å²) in [4.78, 5) is 19.8. The molecule has 0 bridgehead atoms. The molecule has 0 radical (unpaired) electrons. The smallest absolute Gasteiger partial charge is 0.238 e. The maximum Gasteiger partial charge on any atom is 0.238 e. The molecule has 0 saturated heterocycles. The first-order valence-corrected chi connectivity index (χ1v) is 7.95. The minimum Gasteiger partial charge on any atom is -0.323 e. The molecule has 0 aliphatic carbocycles. The maximum atomic E-state index is 12.2. The highest BCUT2D eigenvalue weighted by atomic mass is 32.1. The zero-order chi connectivity index (χ0) is 15.4. The number of carbonyl (C=O) groups excluding carboxylic acids is 1. The molecule has 2 heterocycles. The number of para-hydroxylation sites is 1. The van der Waals surface area contributed by atoms with E-state index in [2.05, 4.69) is 16.4 Å². The Hall–Kier alpha value is -2.24. The van der Waals surface area contributed by atoms with E-state index < -0.39 is 0 Å². The second kappa shape index (κ2) is 6.68. The van der Waals surface area contributed by atoms with E-state index in [-0.39, 0.29) is 5.91 Å². The summed E-state index contributed by atoms with van der Waals surface area (Å²) in [6.45, 7) is 1.12. The summed E-state index contributed by atoms with van der Waals surface area (Å²) in [5.74, 6) is -0.0304. The maximum absolute atomic E-state index is 12.2. The first kappa shape index (κ1) is 14.7. The number of thiophene rings is 1. The summed E-state index contributed by atoms with van der Waals surface area (Å²) in [5, 5.41) is 6.02. The lowest BCUT2D eigenvalue weighted by atomic mass is 10.2. The Kier molecular flexibility index (Phi) is 4.46. The van der Waals surface area contributed by atoms with Crippen molar-refractivity contribution in [1.82, 2.24) is 9.88 Å². The number of pyridine rings is 1. The van der Waals surface area contributed by atoms with Gasteiger partial charge < -0.3 is 5.32 Å². The molecule has 22 heavy (non-hydrogen) atoms.